The van der Waals surface area contributed by atoms with Crippen molar-refractivity contribution in [1.29, 1.82) is 0 Å². The molecule has 3 aromatic carbocycles. The third kappa shape index (κ3) is 4.68. The fourth-order valence-electron chi connectivity index (χ4n) is 4.84. The summed E-state index contributed by atoms with van der Waals surface area (Å²) in [7, 11) is 5.77. The Hall–Kier alpha value is -4.99. The van der Waals surface area contributed by atoms with Crippen molar-refractivity contribution >= 4 is 22.9 Å². The fourth-order valence-corrected chi connectivity index (χ4v) is 4.84. The highest BCUT2D eigenvalue weighted by Gasteiger charge is 2.35. The average Bonchev–Trinajstić information content (AvgIpc) is 2.98. The number of esters is 2. The standard InChI is InChI=1S/C30H26O10/c1-34-21-10-8-16(12-24(21)36-3)20-14-38-30-18(28(20)33)9-11-22-27(30)19(13-25(31)40-22)17-6-5-7-23(35-2)29(17)39-15-26(32)37-4/h5-12,14,19H,13,15H2,1-4H3. The third-order valence-electron chi connectivity index (χ3n) is 6.74. The highest BCUT2D eigenvalue weighted by molar-refractivity contribution is 5.90. The smallest absolute Gasteiger partial charge is 0.343 e. The number of hydrogen-bond acceptors (Lipinski definition) is 10. The molecule has 2 heterocycles. The van der Waals surface area contributed by atoms with E-state index < -0.39 is 17.9 Å². The lowest BCUT2D eigenvalue weighted by Crippen LogP contribution is -2.23. The van der Waals surface area contributed by atoms with Gasteiger partial charge in [-0.25, -0.2) is 4.79 Å². The second-order valence-corrected chi connectivity index (χ2v) is 8.88. The van der Waals surface area contributed by atoms with Gasteiger partial charge in [0.2, 0.25) is 5.43 Å². The first-order valence-electron chi connectivity index (χ1n) is 12.3. The first-order chi connectivity index (χ1) is 19.4. The van der Waals surface area contributed by atoms with Gasteiger partial charge in [0, 0.05) is 17.0 Å². The average molecular weight is 547 g/mol. The lowest BCUT2D eigenvalue weighted by Gasteiger charge is -2.27. The molecule has 10 nitrogen and oxygen atoms in total. The minimum atomic E-state index is -0.627. The predicted octanol–water partition coefficient (Wildman–Crippen LogP) is 4.48. The van der Waals surface area contributed by atoms with E-state index in [4.69, 9.17) is 32.8 Å². The molecular weight excluding hydrogens is 520 g/mol. The Kier molecular flexibility index (Phi) is 7.33. The van der Waals surface area contributed by atoms with Crippen molar-refractivity contribution in [3.8, 4) is 39.9 Å². The maximum Gasteiger partial charge on any atom is 0.343 e. The van der Waals surface area contributed by atoms with Gasteiger partial charge in [0.05, 0.1) is 45.8 Å². The van der Waals surface area contributed by atoms with Crippen LogP contribution in [0.3, 0.4) is 0 Å². The summed E-state index contributed by atoms with van der Waals surface area (Å²) in [6.07, 6.45) is 1.31. The Balaban J connectivity index is 1.68. The van der Waals surface area contributed by atoms with Crippen LogP contribution in [-0.2, 0) is 14.3 Å². The molecule has 0 fully saturated rings. The predicted molar refractivity (Wildman–Crippen MR) is 144 cm³/mol. The molecule has 0 N–H and O–H groups in total. The first kappa shape index (κ1) is 26.6. The van der Waals surface area contributed by atoms with E-state index in [-0.39, 0.29) is 35.5 Å². The quantitative estimate of drug-likeness (QED) is 0.231. The summed E-state index contributed by atoms with van der Waals surface area (Å²) in [5.41, 5.74) is 1.96. The number of carbonyl (C=O) groups is 2. The van der Waals surface area contributed by atoms with Crippen LogP contribution in [0.25, 0.3) is 22.1 Å². The number of rotatable bonds is 8. The molecule has 4 aromatic rings. The number of benzene rings is 3. The Bertz CT molecular complexity index is 1670. The highest BCUT2D eigenvalue weighted by Crippen LogP contribution is 2.47. The minimum Gasteiger partial charge on any atom is -0.493 e. The molecule has 0 radical (unpaired) electrons. The summed E-state index contributed by atoms with van der Waals surface area (Å²) in [5, 5.41) is 0.300. The number of fused-ring (bicyclic) bond motifs is 3. The maximum atomic E-state index is 13.7. The van der Waals surface area contributed by atoms with E-state index in [1.807, 2.05) is 0 Å². The van der Waals surface area contributed by atoms with Gasteiger partial charge in [0.15, 0.2) is 29.6 Å². The lowest BCUT2D eigenvalue weighted by atomic mass is 9.84. The van der Waals surface area contributed by atoms with Crippen molar-refractivity contribution in [2.45, 2.75) is 12.3 Å². The molecule has 1 atom stereocenters. The van der Waals surface area contributed by atoms with Crippen LogP contribution >= 0.6 is 0 Å². The van der Waals surface area contributed by atoms with Crippen molar-refractivity contribution in [2.75, 3.05) is 35.0 Å². The summed E-state index contributed by atoms with van der Waals surface area (Å²) in [5.74, 6) is 0.201. The summed E-state index contributed by atoms with van der Waals surface area (Å²) in [4.78, 5) is 38.2. The maximum absolute atomic E-state index is 13.7. The molecule has 0 saturated heterocycles. The summed E-state index contributed by atoms with van der Waals surface area (Å²) in [6.45, 7) is -0.368. The molecule has 206 valence electrons. The SMILES string of the molecule is COC(=O)COc1c(OC)cccc1C1CC(=O)Oc2ccc3c(=O)c(-c4ccc(OC)c(OC)c4)coc3c21. The van der Waals surface area contributed by atoms with Crippen molar-refractivity contribution < 1.29 is 42.4 Å². The molecule has 1 aliphatic rings. The fraction of sp³-hybridized carbons (Fsp3) is 0.233. The Morgan fingerprint density at radius 2 is 1.70 bits per heavy atom. The molecule has 10 heteroatoms. The monoisotopic (exact) mass is 546 g/mol. The van der Waals surface area contributed by atoms with Gasteiger partial charge < -0.3 is 32.8 Å². The largest absolute Gasteiger partial charge is 0.493 e. The van der Waals surface area contributed by atoms with E-state index >= 15 is 0 Å². The summed E-state index contributed by atoms with van der Waals surface area (Å²) < 4.78 is 38.3. The second-order valence-electron chi connectivity index (χ2n) is 8.88. The van der Waals surface area contributed by atoms with Crippen LogP contribution in [0.1, 0.15) is 23.5 Å². The zero-order valence-electron chi connectivity index (χ0n) is 22.3. The molecule has 5 rings (SSSR count). The van der Waals surface area contributed by atoms with Gasteiger partial charge in [-0.3, -0.25) is 9.59 Å². The molecule has 1 aromatic heterocycles. The molecule has 0 saturated carbocycles. The van der Waals surface area contributed by atoms with Crippen LogP contribution in [0, 0.1) is 0 Å². The van der Waals surface area contributed by atoms with Gasteiger partial charge in [-0.1, -0.05) is 18.2 Å². The normalized spacial score (nSPS) is 14.2. The highest BCUT2D eigenvalue weighted by atomic mass is 16.6. The summed E-state index contributed by atoms with van der Waals surface area (Å²) >= 11 is 0. The van der Waals surface area contributed by atoms with Crippen molar-refractivity contribution in [3.05, 3.63) is 76.1 Å². The van der Waals surface area contributed by atoms with Crippen LogP contribution in [0.2, 0.25) is 0 Å². The summed E-state index contributed by atoms with van der Waals surface area (Å²) in [6, 6.07) is 13.5. The van der Waals surface area contributed by atoms with Crippen LogP contribution < -0.4 is 29.1 Å². The van der Waals surface area contributed by atoms with Crippen molar-refractivity contribution in [1.82, 2.24) is 0 Å². The second kappa shape index (κ2) is 11.0. The Morgan fingerprint density at radius 3 is 2.42 bits per heavy atom. The van der Waals surface area contributed by atoms with Crippen LogP contribution in [-0.4, -0.2) is 47.0 Å². The number of methoxy groups -OCH3 is 4. The van der Waals surface area contributed by atoms with Gasteiger partial charge in [0.1, 0.15) is 17.6 Å². The number of hydrogen-bond donors (Lipinski definition) is 0. The number of para-hydroxylation sites is 1. The van der Waals surface area contributed by atoms with Gasteiger partial charge in [-0.05, 0) is 35.9 Å². The van der Waals surface area contributed by atoms with Crippen molar-refractivity contribution in [3.63, 3.8) is 0 Å². The molecule has 0 aliphatic carbocycles. The van der Waals surface area contributed by atoms with Gasteiger partial charge in [0.25, 0.3) is 0 Å². The third-order valence-corrected chi connectivity index (χ3v) is 6.74. The van der Waals surface area contributed by atoms with E-state index in [1.54, 1.807) is 48.5 Å². The van der Waals surface area contributed by atoms with Crippen LogP contribution in [0.5, 0.6) is 28.7 Å². The molecule has 0 bridgehead atoms. The molecule has 40 heavy (non-hydrogen) atoms. The van der Waals surface area contributed by atoms with E-state index in [2.05, 4.69) is 0 Å². The van der Waals surface area contributed by atoms with Gasteiger partial charge in [-0.15, -0.1) is 0 Å². The lowest BCUT2D eigenvalue weighted by molar-refractivity contribution is -0.143. The Labute approximate surface area is 228 Å². The van der Waals surface area contributed by atoms with Crippen LogP contribution in [0.4, 0.5) is 0 Å². The zero-order valence-corrected chi connectivity index (χ0v) is 22.3. The molecule has 1 aliphatic heterocycles. The molecule has 0 spiro atoms. The number of ether oxygens (including phenoxy) is 6. The van der Waals surface area contributed by atoms with E-state index in [0.29, 0.717) is 44.9 Å². The topological polar surface area (TPSA) is 120 Å². The Morgan fingerprint density at radius 1 is 0.925 bits per heavy atom. The van der Waals surface area contributed by atoms with E-state index in [0.717, 1.165) is 0 Å². The first-order valence-corrected chi connectivity index (χ1v) is 12.3. The van der Waals surface area contributed by atoms with Gasteiger partial charge >= 0.3 is 11.9 Å². The molecular formula is C30H26O10. The zero-order chi connectivity index (χ0) is 28.4. The van der Waals surface area contributed by atoms with Crippen molar-refractivity contribution in [2.24, 2.45) is 0 Å². The molecule has 0 amide bonds. The minimum absolute atomic E-state index is 0.0605. The van der Waals surface area contributed by atoms with E-state index in [1.165, 1.54) is 34.7 Å². The van der Waals surface area contributed by atoms with Crippen LogP contribution in [0.15, 0.2) is 64.0 Å². The van der Waals surface area contributed by atoms with E-state index in [9.17, 15) is 14.4 Å². The molecule has 1 unspecified atom stereocenters. The number of carbonyl (C=O) groups excluding carboxylic acids is 2. The van der Waals surface area contributed by atoms with Gasteiger partial charge in [-0.2, -0.15) is 0 Å².